The molecule has 1 fully saturated rings. The van der Waals surface area contributed by atoms with Gasteiger partial charge in [0.25, 0.3) is 0 Å². The molecule has 192 valence electrons. The van der Waals surface area contributed by atoms with Crippen LogP contribution in [0, 0.1) is 23.3 Å². The summed E-state index contributed by atoms with van der Waals surface area (Å²) in [6.45, 7) is 5.46. The van der Waals surface area contributed by atoms with Crippen molar-refractivity contribution < 1.29 is 27.1 Å². The molecular formula is C25H32F4N4O2. The van der Waals surface area contributed by atoms with E-state index < -0.39 is 41.0 Å². The van der Waals surface area contributed by atoms with Crippen LogP contribution in [0.25, 0.3) is 0 Å². The average Bonchev–Trinajstić information content (AvgIpc) is 2.79. The number of nitrogens with zero attached hydrogens (tertiary/aromatic N) is 2. The smallest absolute Gasteiger partial charge is 0.410 e. The third kappa shape index (κ3) is 5.87. The molecule has 2 aromatic rings. The molecule has 35 heavy (non-hydrogen) atoms. The van der Waals surface area contributed by atoms with Crippen molar-refractivity contribution in [2.24, 2.45) is 11.5 Å². The molecule has 2 aromatic carbocycles. The molecule has 0 saturated carbocycles. The van der Waals surface area contributed by atoms with E-state index in [0.29, 0.717) is 0 Å². The van der Waals surface area contributed by atoms with Gasteiger partial charge in [0.05, 0.1) is 11.7 Å². The molecule has 10 heteroatoms. The Hall–Kier alpha value is -2.85. The van der Waals surface area contributed by atoms with Gasteiger partial charge in [-0.3, -0.25) is 0 Å². The van der Waals surface area contributed by atoms with E-state index in [4.69, 9.17) is 16.2 Å². The molecule has 0 radical (unpaired) electrons. The zero-order chi connectivity index (χ0) is 25.9. The molecule has 1 amide bonds. The molecule has 0 bridgehead atoms. The molecule has 1 unspecified atom stereocenters. The number of carbonyl (C=O) groups is 1. The van der Waals surface area contributed by atoms with Crippen molar-refractivity contribution in [3.05, 3.63) is 64.2 Å². The molecule has 6 nitrogen and oxygen atoms in total. The first-order valence-electron chi connectivity index (χ1n) is 11.6. The third-order valence-electron chi connectivity index (χ3n) is 5.86. The van der Waals surface area contributed by atoms with Gasteiger partial charge in [0.2, 0.25) is 0 Å². The number of benzene rings is 2. The van der Waals surface area contributed by atoms with Crippen LogP contribution in [0.4, 0.5) is 28.0 Å². The van der Waals surface area contributed by atoms with E-state index in [1.807, 2.05) is 0 Å². The van der Waals surface area contributed by atoms with Gasteiger partial charge < -0.3 is 26.0 Å². The van der Waals surface area contributed by atoms with Crippen LogP contribution in [-0.4, -0.2) is 49.3 Å². The van der Waals surface area contributed by atoms with Crippen molar-refractivity contribution in [2.45, 2.75) is 45.3 Å². The first kappa shape index (κ1) is 26.7. The maximum absolute atomic E-state index is 15.2. The maximum Gasteiger partial charge on any atom is 0.410 e. The first-order chi connectivity index (χ1) is 16.5. The zero-order valence-electron chi connectivity index (χ0n) is 20.2. The molecule has 1 aliphatic heterocycles. The quantitative estimate of drug-likeness (QED) is 0.590. The number of anilines is 1. The summed E-state index contributed by atoms with van der Waals surface area (Å²) in [6, 6.07) is 4.66. The summed E-state index contributed by atoms with van der Waals surface area (Å²) >= 11 is 0. The van der Waals surface area contributed by atoms with E-state index in [1.54, 1.807) is 20.8 Å². The number of hydrogen-bond donors (Lipinski definition) is 2. The van der Waals surface area contributed by atoms with Crippen LogP contribution in [0.1, 0.15) is 43.5 Å². The number of nitrogens with two attached hydrogens (primary N) is 2. The predicted octanol–water partition coefficient (Wildman–Crippen LogP) is 4.04. The second-order valence-corrected chi connectivity index (χ2v) is 9.53. The van der Waals surface area contributed by atoms with E-state index in [0.717, 1.165) is 0 Å². The van der Waals surface area contributed by atoms with Gasteiger partial charge in [0, 0.05) is 25.2 Å². The topological polar surface area (TPSA) is 84.8 Å². The van der Waals surface area contributed by atoms with Gasteiger partial charge in [-0.15, -0.1) is 0 Å². The summed E-state index contributed by atoms with van der Waals surface area (Å²) in [6.07, 6.45) is -0.335. The van der Waals surface area contributed by atoms with E-state index in [1.165, 1.54) is 34.1 Å². The lowest BCUT2D eigenvalue weighted by molar-refractivity contribution is 0.0212. The molecular weight excluding hydrogens is 464 g/mol. The van der Waals surface area contributed by atoms with Crippen LogP contribution in [0.5, 0.6) is 0 Å². The Morgan fingerprint density at radius 1 is 0.914 bits per heavy atom. The predicted molar refractivity (Wildman–Crippen MR) is 126 cm³/mol. The molecule has 4 N–H and O–H groups in total. The molecule has 0 aromatic heterocycles. The fourth-order valence-electron chi connectivity index (χ4n) is 4.19. The highest BCUT2D eigenvalue weighted by molar-refractivity contribution is 5.69. The molecule has 0 aliphatic carbocycles. The fourth-order valence-corrected chi connectivity index (χ4v) is 4.19. The van der Waals surface area contributed by atoms with Crippen molar-refractivity contribution >= 4 is 11.8 Å². The lowest BCUT2D eigenvalue weighted by Gasteiger charge is -2.43. The zero-order valence-corrected chi connectivity index (χ0v) is 20.2. The Morgan fingerprint density at radius 2 is 1.49 bits per heavy atom. The highest BCUT2D eigenvalue weighted by Crippen LogP contribution is 2.36. The van der Waals surface area contributed by atoms with E-state index in [2.05, 4.69) is 0 Å². The molecule has 3 rings (SSSR count). The third-order valence-corrected chi connectivity index (χ3v) is 5.86. The number of carbonyl (C=O) groups excluding carboxylic acids is 1. The van der Waals surface area contributed by atoms with Crippen LogP contribution in [0.3, 0.4) is 0 Å². The second-order valence-electron chi connectivity index (χ2n) is 9.53. The van der Waals surface area contributed by atoms with Crippen LogP contribution >= 0.6 is 0 Å². The summed E-state index contributed by atoms with van der Waals surface area (Å²) in [7, 11) is 0. The Labute approximate surface area is 202 Å². The van der Waals surface area contributed by atoms with Gasteiger partial charge >= 0.3 is 6.09 Å². The number of halogens is 4. The number of amides is 1. The van der Waals surface area contributed by atoms with Crippen LogP contribution in [0.15, 0.2) is 24.3 Å². The van der Waals surface area contributed by atoms with Crippen LogP contribution < -0.4 is 16.4 Å². The second kappa shape index (κ2) is 10.8. The van der Waals surface area contributed by atoms with Gasteiger partial charge in [0.1, 0.15) is 5.60 Å². The van der Waals surface area contributed by atoms with Gasteiger partial charge in [-0.2, -0.15) is 0 Å². The van der Waals surface area contributed by atoms with Crippen molar-refractivity contribution in [1.82, 2.24) is 4.90 Å². The molecule has 1 saturated heterocycles. The maximum atomic E-state index is 15.2. The lowest BCUT2D eigenvalue weighted by atomic mass is 9.97. The minimum Gasteiger partial charge on any atom is -0.444 e. The van der Waals surface area contributed by atoms with Gasteiger partial charge in [-0.25, -0.2) is 22.4 Å². The van der Waals surface area contributed by atoms with E-state index >= 15 is 8.78 Å². The summed E-state index contributed by atoms with van der Waals surface area (Å²) in [4.78, 5) is 15.5. The van der Waals surface area contributed by atoms with E-state index in [-0.39, 0.29) is 67.9 Å². The molecule has 0 spiro atoms. The van der Waals surface area contributed by atoms with Crippen molar-refractivity contribution in [3.8, 4) is 0 Å². The number of hydrogen-bond acceptors (Lipinski definition) is 5. The monoisotopic (exact) mass is 496 g/mol. The minimum absolute atomic E-state index is 0.0438. The lowest BCUT2D eigenvalue weighted by Crippen LogP contribution is -2.52. The largest absolute Gasteiger partial charge is 0.444 e. The van der Waals surface area contributed by atoms with Crippen molar-refractivity contribution in [1.29, 1.82) is 0 Å². The Kier molecular flexibility index (Phi) is 8.27. The number of piperazine rings is 1. The Balaban J connectivity index is 2.05. The average molecular weight is 497 g/mol. The summed E-state index contributed by atoms with van der Waals surface area (Å²) in [5.74, 6) is -4.30. The minimum atomic E-state index is -1.11. The van der Waals surface area contributed by atoms with E-state index in [9.17, 15) is 13.6 Å². The Morgan fingerprint density at radius 3 is 2.06 bits per heavy atom. The fraction of sp³-hybridized carbons (Fsp3) is 0.480. The Bertz CT molecular complexity index is 1070. The normalized spacial score (nSPS) is 16.5. The molecule has 1 aliphatic rings. The number of ether oxygens (including phenoxy) is 1. The standard InChI is InChI=1S/C25H32F4N4O2/c1-25(2,3)35-24(34)32-12-13-33(18-7-5-16(9-11-31)21(27)23(18)29)19(14-32)17-6-4-15(8-10-30)20(26)22(17)28/h4-7,19H,8-14,30-31H2,1-3H3. The molecule has 1 atom stereocenters. The first-order valence-corrected chi connectivity index (χ1v) is 11.6. The SMILES string of the molecule is CC(C)(C)OC(=O)N1CCN(c2ccc(CCN)c(F)c2F)C(c2ccc(CCN)c(F)c2F)C1. The summed E-state index contributed by atoms with van der Waals surface area (Å²) < 4.78 is 65.3. The van der Waals surface area contributed by atoms with Gasteiger partial charge in [-0.1, -0.05) is 18.2 Å². The van der Waals surface area contributed by atoms with Crippen molar-refractivity contribution in [2.75, 3.05) is 37.6 Å². The van der Waals surface area contributed by atoms with Gasteiger partial charge in [-0.05, 0) is 63.9 Å². The summed E-state index contributed by atoms with van der Waals surface area (Å²) in [5.41, 5.74) is 10.2. The van der Waals surface area contributed by atoms with Crippen LogP contribution in [-0.2, 0) is 17.6 Å². The van der Waals surface area contributed by atoms with Gasteiger partial charge in [0.15, 0.2) is 23.3 Å². The number of rotatable bonds is 6. The highest BCUT2D eigenvalue weighted by Gasteiger charge is 2.36. The highest BCUT2D eigenvalue weighted by atomic mass is 19.2. The van der Waals surface area contributed by atoms with Crippen LogP contribution in [0.2, 0.25) is 0 Å². The van der Waals surface area contributed by atoms with Crippen molar-refractivity contribution in [3.63, 3.8) is 0 Å². The summed E-state index contributed by atoms with van der Waals surface area (Å²) in [5, 5.41) is 0. The molecule has 1 heterocycles.